The van der Waals surface area contributed by atoms with Gasteiger partial charge in [-0.15, -0.1) is 11.3 Å². The summed E-state index contributed by atoms with van der Waals surface area (Å²) in [7, 11) is 0. The number of furan rings is 1. The van der Waals surface area contributed by atoms with E-state index in [2.05, 4.69) is 127 Å². The number of nitrogens with zero attached hydrogens (tertiary/aromatic N) is 3. The van der Waals surface area contributed by atoms with Crippen LogP contribution >= 0.6 is 11.3 Å². The van der Waals surface area contributed by atoms with Crippen LogP contribution in [0.2, 0.25) is 0 Å². The predicted molar refractivity (Wildman–Crippen MR) is 207 cm³/mol. The quantitative estimate of drug-likeness (QED) is 0.185. The minimum atomic E-state index is 0.597. The van der Waals surface area contributed by atoms with E-state index in [-0.39, 0.29) is 0 Å². The molecule has 0 spiro atoms. The smallest absolute Gasteiger partial charge is 0.164 e. The number of benzene rings is 7. The van der Waals surface area contributed by atoms with Crippen molar-refractivity contribution in [3.63, 3.8) is 0 Å². The summed E-state index contributed by atoms with van der Waals surface area (Å²) in [6.45, 7) is 0. The zero-order valence-electron chi connectivity index (χ0n) is 26.7. The Morgan fingerprint density at radius 1 is 0.360 bits per heavy atom. The minimum absolute atomic E-state index is 0.597. The molecule has 234 valence electrons. The molecule has 0 radical (unpaired) electrons. The first-order chi connectivity index (χ1) is 24.7. The first-order valence-electron chi connectivity index (χ1n) is 16.6. The number of fused-ring (bicyclic) bond motifs is 6. The molecule has 3 aromatic heterocycles. The fourth-order valence-corrected chi connectivity index (χ4v) is 8.02. The van der Waals surface area contributed by atoms with Crippen molar-refractivity contribution in [3.8, 4) is 56.4 Å². The maximum absolute atomic E-state index is 6.57. The Balaban J connectivity index is 1.07. The van der Waals surface area contributed by atoms with Gasteiger partial charge in [-0.1, -0.05) is 127 Å². The summed E-state index contributed by atoms with van der Waals surface area (Å²) >= 11 is 1.84. The minimum Gasteiger partial charge on any atom is -0.456 e. The largest absolute Gasteiger partial charge is 0.456 e. The molecule has 0 amide bonds. The fraction of sp³-hybridized carbons (Fsp3) is 0. The van der Waals surface area contributed by atoms with Crippen molar-refractivity contribution in [2.45, 2.75) is 0 Å². The summed E-state index contributed by atoms with van der Waals surface area (Å²) in [6, 6.07) is 56.8. The molecule has 7 aromatic carbocycles. The van der Waals surface area contributed by atoms with E-state index < -0.39 is 0 Å². The van der Waals surface area contributed by atoms with Gasteiger partial charge in [0.25, 0.3) is 0 Å². The van der Waals surface area contributed by atoms with Crippen molar-refractivity contribution in [2.24, 2.45) is 0 Å². The monoisotopic (exact) mass is 657 g/mol. The molecule has 0 aliphatic heterocycles. The van der Waals surface area contributed by atoms with E-state index >= 15 is 0 Å². The normalized spacial score (nSPS) is 11.6. The average Bonchev–Trinajstić information content (AvgIpc) is 3.76. The molecule has 0 aliphatic carbocycles. The summed E-state index contributed by atoms with van der Waals surface area (Å²) in [5.41, 5.74) is 9.04. The summed E-state index contributed by atoms with van der Waals surface area (Å²) < 4.78 is 9.16. The lowest BCUT2D eigenvalue weighted by molar-refractivity contribution is 0.669. The summed E-state index contributed by atoms with van der Waals surface area (Å²) in [5.74, 6) is 1.85. The molecule has 50 heavy (non-hydrogen) atoms. The molecular formula is C45H27N3OS. The molecule has 5 heteroatoms. The van der Waals surface area contributed by atoms with Crippen LogP contribution in [0.1, 0.15) is 0 Å². The average molecular weight is 658 g/mol. The van der Waals surface area contributed by atoms with E-state index in [0.29, 0.717) is 17.5 Å². The zero-order chi connectivity index (χ0) is 33.0. The van der Waals surface area contributed by atoms with E-state index in [0.717, 1.165) is 49.8 Å². The fourth-order valence-electron chi connectivity index (χ4n) is 6.89. The maximum atomic E-state index is 6.57. The van der Waals surface area contributed by atoms with Crippen LogP contribution < -0.4 is 0 Å². The second-order valence-electron chi connectivity index (χ2n) is 12.4. The number of hydrogen-bond donors (Lipinski definition) is 0. The van der Waals surface area contributed by atoms with Crippen LogP contribution in [0.5, 0.6) is 0 Å². The predicted octanol–water partition coefficient (Wildman–Crippen LogP) is 12.5. The Kier molecular flexibility index (Phi) is 6.64. The van der Waals surface area contributed by atoms with Crippen LogP contribution in [0.25, 0.3) is 98.5 Å². The molecule has 10 rings (SSSR count). The van der Waals surface area contributed by atoms with E-state index in [1.807, 2.05) is 47.7 Å². The molecule has 0 N–H and O–H groups in total. The second-order valence-corrected chi connectivity index (χ2v) is 13.5. The van der Waals surface area contributed by atoms with Crippen LogP contribution in [0.3, 0.4) is 0 Å². The van der Waals surface area contributed by atoms with E-state index in [4.69, 9.17) is 19.4 Å². The van der Waals surface area contributed by atoms with E-state index in [1.165, 1.54) is 31.3 Å². The highest BCUT2D eigenvalue weighted by Gasteiger charge is 2.16. The van der Waals surface area contributed by atoms with Gasteiger partial charge in [0.1, 0.15) is 11.2 Å². The van der Waals surface area contributed by atoms with E-state index in [9.17, 15) is 0 Å². The third-order valence-corrected chi connectivity index (χ3v) is 10.5. The van der Waals surface area contributed by atoms with E-state index in [1.54, 1.807) is 0 Å². The lowest BCUT2D eigenvalue weighted by atomic mass is 9.98. The highest BCUT2D eigenvalue weighted by Crippen LogP contribution is 2.41. The standard InChI is InChI=1S/C45H27N3OS/c1-3-10-28(11-4-1)29-18-20-31(21-19-29)44-46-43(30-12-5-2-6-13-30)47-45(48-44)33-23-25-36-35-24-22-32(26-38(35)49-39(36)27-33)34-15-9-17-41-42(34)37-14-7-8-16-40(37)50-41/h1-27H. The van der Waals surface area contributed by atoms with Gasteiger partial charge in [0, 0.05) is 47.6 Å². The molecular weight excluding hydrogens is 631 g/mol. The van der Waals surface area contributed by atoms with Crippen molar-refractivity contribution < 1.29 is 4.42 Å². The highest BCUT2D eigenvalue weighted by molar-refractivity contribution is 7.25. The van der Waals surface area contributed by atoms with Crippen LogP contribution in [-0.2, 0) is 0 Å². The first kappa shape index (κ1) is 28.6. The number of rotatable bonds is 5. The van der Waals surface area contributed by atoms with Crippen molar-refractivity contribution in [2.75, 3.05) is 0 Å². The van der Waals surface area contributed by atoms with Gasteiger partial charge in [0.05, 0.1) is 0 Å². The van der Waals surface area contributed by atoms with Crippen LogP contribution in [0, 0.1) is 0 Å². The number of thiophene rings is 1. The van der Waals surface area contributed by atoms with Crippen LogP contribution in [-0.4, -0.2) is 15.0 Å². The van der Waals surface area contributed by atoms with Gasteiger partial charge in [0.2, 0.25) is 0 Å². The molecule has 0 saturated carbocycles. The highest BCUT2D eigenvalue weighted by atomic mass is 32.1. The Morgan fingerprint density at radius 3 is 1.58 bits per heavy atom. The van der Waals surface area contributed by atoms with Gasteiger partial charge in [-0.2, -0.15) is 0 Å². The maximum Gasteiger partial charge on any atom is 0.164 e. The molecule has 0 atom stereocenters. The summed E-state index contributed by atoms with van der Waals surface area (Å²) in [5, 5.41) is 4.72. The molecule has 0 unspecified atom stereocenters. The second kappa shape index (κ2) is 11.6. The lowest BCUT2D eigenvalue weighted by Gasteiger charge is -2.09. The number of hydrogen-bond acceptors (Lipinski definition) is 5. The molecule has 0 bridgehead atoms. The Labute approximate surface area is 292 Å². The molecule has 0 aliphatic rings. The van der Waals surface area contributed by atoms with Crippen LogP contribution in [0.15, 0.2) is 168 Å². The van der Waals surface area contributed by atoms with Gasteiger partial charge in [-0.3, -0.25) is 0 Å². The molecule has 3 heterocycles. The molecule has 10 aromatic rings. The Morgan fingerprint density at radius 2 is 0.860 bits per heavy atom. The van der Waals surface area contributed by atoms with Gasteiger partial charge in [-0.05, 0) is 58.7 Å². The topological polar surface area (TPSA) is 51.8 Å². The third kappa shape index (κ3) is 4.87. The van der Waals surface area contributed by atoms with Gasteiger partial charge in [0.15, 0.2) is 17.5 Å². The van der Waals surface area contributed by atoms with Gasteiger partial charge >= 0.3 is 0 Å². The van der Waals surface area contributed by atoms with Crippen molar-refractivity contribution in [1.82, 2.24) is 15.0 Å². The Hall–Kier alpha value is -6.43. The molecule has 4 nitrogen and oxygen atoms in total. The summed E-state index contributed by atoms with van der Waals surface area (Å²) in [4.78, 5) is 14.9. The van der Waals surface area contributed by atoms with Crippen molar-refractivity contribution >= 4 is 53.4 Å². The SMILES string of the molecule is c1ccc(-c2ccc(-c3nc(-c4ccccc4)nc(-c4ccc5c(c4)oc4cc(-c6cccc7sc8ccccc8c67)ccc45)n3)cc2)cc1. The first-order valence-corrected chi connectivity index (χ1v) is 17.4. The number of aromatic nitrogens is 3. The van der Waals surface area contributed by atoms with Crippen molar-refractivity contribution in [3.05, 3.63) is 164 Å². The van der Waals surface area contributed by atoms with Gasteiger partial charge < -0.3 is 4.42 Å². The molecule has 0 saturated heterocycles. The Bertz CT molecular complexity index is 2860. The van der Waals surface area contributed by atoms with Crippen molar-refractivity contribution in [1.29, 1.82) is 0 Å². The van der Waals surface area contributed by atoms with Crippen LogP contribution in [0.4, 0.5) is 0 Å². The summed E-state index contributed by atoms with van der Waals surface area (Å²) in [6.07, 6.45) is 0. The van der Waals surface area contributed by atoms with Gasteiger partial charge in [-0.25, -0.2) is 15.0 Å². The zero-order valence-corrected chi connectivity index (χ0v) is 27.6. The third-order valence-electron chi connectivity index (χ3n) is 9.36. The lowest BCUT2D eigenvalue weighted by Crippen LogP contribution is -2.00. The molecule has 0 fully saturated rings.